The minimum Gasteiger partial charge on any atom is -0.351 e. The van der Waals surface area contributed by atoms with E-state index in [9.17, 15) is 14.9 Å². The van der Waals surface area contributed by atoms with Gasteiger partial charge in [0.2, 0.25) is 0 Å². The van der Waals surface area contributed by atoms with Gasteiger partial charge in [-0.25, -0.2) is 0 Å². The second-order valence-electron chi connectivity index (χ2n) is 5.35. The third-order valence-electron chi connectivity index (χ3n) is 3.77. The van der Waals surface area contributed by atoms with Crippen molar-refractivity contribution in [2.75, 3.05) is 6.54 Å². The minimum absolute atomic E-state index is 0.108. The highest BCUT2D eigenvalue weighted by molar-refractivity contribution is 6.34. The van der Waals surface area contributed by atoms with Gasteiger partial charge in [0.05, 0.1) is 15.5 Å². The van der Waals surface area contributed by atoms with Gasteiger partial charge < -0.3 is 5.32 Å². The van der Waals surface area contributed by atoms with E-state index in [1.54, 1.807) is 0 Å². The average Bonchev–Trinajstić information content (AvgIpc) is 3.16. The zero-order valence-corrected chi connectivity index (χ0v) is 12.1. The van der Waals surface area contributed by atoms with Gasteiger partial charge in [-0.15, -0.1) is 0 Å². The summed E-state index contributed by atoms with van der Waals surface area (Å²) in [7, 11) is 0. The molecule has 1 saturated carbocycles. The predicted octanol–water partition coefficient (Wildman–Crippen LogP) is 3.56. The number of hydrogen-bond acceptors (Lipinski definition) is 3. The van der Waals surface area contributed by atoms with E-state index in [0.29, 0.717) is 6.54 Å². The van der Waals surface area contributed by atoms with Crippen LogP contribution in [0, 0.1) is 15.5 Å². The van der Waals surface area contributed by atoms with Gasteiger partial charge in [0.1, 0.15) is 0 Å². The number of nitrogens with one attached hydrogen (secondary N) is 1. The Morgan fingerprint density at radius 2 is 2.20 bits per heavy atom. The number of hydrogen-bond donors (Lipinski definition) is 1. The monoisotopic (exact) mass is 296 g/mol. The Morgan fingerprint density at radius 3 is 2.70 bits per heavy atom. The highest BCUT2D eigenvalue weighted by Gasteiger charge is 2.41. The smallest absolute Gasteiger partial charge is 0.270 e. The molecular weight excluding hydrogens is 280 g/mol. The molecule has 1 aromatic carbocycles. The van der Waals surface area contributed by atoms with Crippen molar-refractivity contribution in [2.24, 2.45) is 5.41 Å². The van der Waals surface area contributed by atoms with Gasteiger partial charge in [0.15, 0.2) is 0 Å². The van der Waals surface area contributed by atoms with E-state index in [-0.39, 0.29) is 27.6 Å². The summed E-state index contributed by atoms with van der Waals surface area (Å²) in [5, 5.41) is 13.6. The van der Waals surface area contributed by atoms with Gasteiger partial charge in [0, 0.05) is 18.7 Å². The first-order valence-corrected chi connectivity index (χ1v) is 7.07. The normalized spacial score (nSPS) is 15.7. The van der Waals surface area contributed by atoms with Crippen molar-refractivity contribution in [3.8, 4) is 0 Å². The first kappa shape index (κ1) is 14.8. The summed E-state index contributed by atoms with van der Waals surface area (Å²) in [5.74, 6) is -0.271. The molecule has 108 valence electrons. The second-order valence-corrected chi connectivity index (χ2v) is 5.76. The molecule has 6 heteroatoms. The number of benzene rings is 1. The molecular formula is C14H17ClN2O3. The highest BCUT2D eigenvalue weighted by Crippen LogP contribution is 2.48. The largest absolute Gasteiger partial charge is 0.351 e. The maximum absolute atomic E-state index is 12.1. The molecule has 1 aliphatic rings. The Balaban J connectivity index is 2.01. The average molecular weight is 297 g/mol. The third kappa shape index (κ3) is 3.28. The number of rotatable bonds is 6. The molecule has 0 bridgehead atoms. The number of non-ortho nitro benzene ring substituents is 1. The molecule has 0 spiro atoms. The number of carbonyl (C=O) groups is 1. The molecule has 0 radical (unpaired) electrons. The van der Waals surface area contributed by atoms with Crippen LogP contribution in [0.4, 0.5) is 5.69 Å². The lowest BCUT2D eigenvalue weighted by molar-refractivity contribution is -0.384. The molecule has 0 saturated heterocycles. The van der Waals surface area contributed by atoms with Crippen molar-refractivity contribution in [1.29, 1.82) is 0 Å². The van der Waals surface area contributed by atoms with Crippen LogP contribution in [0.1, 0.15) is 43.0 Å². The Kier molecular flexibility index (Phi) is 4.28. The zero-order chi connectivity index (χ0) is 14.8. The van der Waals surface area contributed by atoms with Gasteiger partial charge >= 0.3 is 0 Å². The number of amides is 1. The van der Waals surface area contributed by atoms with Crippen LogP contribution in [0.2, 0.25) is 5.02 Å². The molecule has 1 aliphatic carbocycles. The number of carbonyl (C=O) groups excluding carboxylic acids is 1. The lowest BCUT2D eigenvalue weighted by Gasteiger charge is -2.15. The Bertz CT molecular complexity index is 541. The lowest BCUT2D eigenvalue weighted by atomic mass is 10.0. The lowest BCUT2D eigenvalue weighted by Crippen LogP contribution is -2.30. The maximum atomic E-state index is 12.1. The van der Waals surface area contributed by atoms with Gasteiger partial charge in [-0.3, -0.25) is 14.9 Å². The molecule has 20 heavy (non-hydrogen) atoms. The Hall–Kier alpha value is -1.62. The van der Waals surface area contributed by atoms with Crippen molar-refractivity contribution in [2.45, 2.75) is 32.6 Å². The molecule has 5 nitrogen and oxygen atoms in total. The summed E-state index contributed by atoms with van der Waals surface area (Å²) in [4.78, 5) is 22.1. The molecule has 0 unspecified atom stereocenters. The molecule has 0 atom stereocenters. The van der Waals surface area contributed by atoms with Crippen molar-refractivity contribution in [3.63, 3.8) is 0 Å². The number of nitro groups is 1. The van der Waals surface area contributed by atoms with E-state index < -0.39 is 4.92 Å². The van der Waals surface area contributed by atoms with Crippen LogP contribution in [-0.4, -0.2) is 17.4 Å². The maximum Gasteiger partial charge on any atom is 0.270 e. The van der Waals surface area contributed by atoms with Crippen molar-refractivity contribution >= 4 is 23.2 Å². The van der Waals surface area contributed by atoms with Crippen molar-refractivity contribution in [1.82, 2.24) is 5.32 Å². The fraction of sp³-hybridized carbons (Fsp3) is 0.500. The van der Waals surface area contributed by atoms with Crippen molar-refractivity contribution in [3.05, 3.63) is 38.9 Å². The second kappa shape index (κ2) is 5.79. The van der Waals surface area contributed by atoms with Crippen LogP contribution < -0.4 is 5.32 Å². The van der Waals surface area contributed by atoms with Crippen LogP contribution in [0.3, 0.4) is 0 Å². The topological polar surface area (TPSA) is 72.2 Å². The summed E-state index contributed by atoms with van der Waals surface area (Å²) in [6.07, 6.45) is 4.51. The molecule has 0 aliphatic heterocycles. The summed E-state index contributed by atoms with van der Waals surface area (Å²) in [6, 6.07) is 3.89. The van der Waals surface area contributed by atoms with E-state index in [1.807, 2.05) is 0 Å². The van der Waals surface area contributed by atoms with Gasteiger partial charge in [0.25, 0.3) is 11.6 Å². The molecule has 2 rings (SSSR count). The van der Waals surface area contributed by atoms with E-state index in [2.05, 4.69) is 12.2 Å². The summed E-state index contributed by atoms with van der Waals surface area (Å²) >= 11 is 5.93. The summed E-state index contributed by atoms with van der Waals surface area (Å²) in [5.41, 5.74) is 0.429. The van der Waals surface area contributed by atoms with E-state index in [0.717, 1.165) is 25.7 Å². The van der Waals surface area contributed by atoms with Crippen LogP contribution in [0.15, 0.2) is 18.2 Å². The van der Waals surface area contributed by atoms with Crippen LogP contribution in [-0.2, 0) is 0 Å². The third-order valence-corrected chi connectivity index (χ3v) is 4.08. The molecule has 1 N–H and O–H groups in total. The van der Waals surface area contributed by atoms with Gasteiger partial charge in [-0.05, 0) is 30.7 Å². The fourth-order valence-electron chi connectivity index (χ4n) is 2.39. The van der Waals surface area contributed by atoms with E-state index in [4.69, 9.17) is 11.6 Å². The molecule has 0 aromatic heterocycles. The zero-order valence-electron chi connectivity index (χ0n) is 11.3. The standard InChI is InChI=1S/C14H17ClN2O3/c1-2-5-14(6-7-14)9-16-13(18)11-4-3-10(17(19)20)8-12(11)15/h3-4,8H,2,5-7,9H2,1H3,(H,16,18). The molecule has 1 fully saturated rings. The number of halogens is 1. The van der Waals surface area contributed by atoms with Crippen LogP contribution in [0.25, 0.3) is 0 Å². The van der Waals surface area contributed by atoms with E-state index in [1.165, 1.54) is 18.2 Å². The predicted molar refractivity (Wildman–Crippen MR) is 77.0 cm³/mol. The van der Waals surface area contributed by atoms with Crippen molar-refractivity contribution < 1.29 is 9.72 Å². The Labute approximate surface area is 122 Å². The Morgan fingerprint density at radius 1 is 1.50 bits per heavy atom. The molecule has 0 heterocycles. The summed E-state index contributed by atoms with van der Waals surface area (Å²) in [6.45, 7) is 2.78. The first-order valence-electron chi connectivity index (χ1n) is 6.69. The van der Waals surface area contributed by atoms with Crippen LogP contribution in [0.5, 0.6) is 0 Å². The minimum atomic E-state index is -0.534. The van der Waals surface area contributed by atoms with Crippen LogP contribution >= 0.6 is 11.6 Å². The SMILES string of the molecule is CCCC1(CNC(=O)c2ccc([N+](=O)[O-])cc2Cl)CC1. The molecule has 1 aromatic rings. The quantitative estimate of drug-likeness (QED) is 0.644. The van der Waals surface area contributed by atoms with E-state index >= 15 is 0 Å². The summed E-state index contributed by atoms with van der Waals surface area (Å²) < 4.78 is 0. The van der Waals surface area contributed by atoms with Gasteiger partial charge in [-0.1, -0.05) is 24.9 Å². The number of nitrogens with zero attached hydrogens (tertiary/aromatic N) is 1. The number of nitro benzene ring substituents is 1. The first-order chi connectivity index (χ1) is 9.47. The van der Waals surface area contributed by atoms with Gasteiger partial charge in [-0.2, -0.15) is 0 Å². The fourth-order valence-corrected chi connectivity index (χ4v) is 2.65. The highest BCUT2D eigenvalue weighted by atomic mass is 35.5. The molecule has 1 amide bonds.